The molecule has 90 valence electrons. The summed E-state index contributed by atoms with van der Waals surface area (Å²) in [4.78, 5) is 2.34. The highest BCUT2D eigenvalue weighted by molar-refractivity contribution is 5.33. The van der Waals surface area contributed by atoms with Crippen LogP contribution in [0.5, 0.6) is 0 Å². The van der Waals surface area contributed by atoms with Crippen LogP contribution in [-0.4, -0.2) is 18.0 Å². The highest BCUT2D eigenvalue weighted by atomic mass is 19.1. The van der Waals surface area contributed by atoms with Gasteiger partial charge in [-0.15, -0.1) is 0 Å². The van der Waals surface area contributed by atoms with Crippen LogP contribution in [-0.2, 0) is 6.54 Å². The fourth-order valence-corrected chi connectivity index (χ4v) is 2.49. The molecule has 1 aliphatic rings. The number of rotatable bonds is 2. The van der Waals surface area contributed by atoms with E-state index in [1.165, 1.54) is 25.0 Å². The number of piperidine rings is 1. The second-order valence-corrected chi connectivity index (χ2v) is 4.94. The molecule has 0 aliphatic carbocycles. The van der Waals surface area contributed by atoms with Gasteiger partial charge < -0.3 is 0 Å². The van der Waals surface area contributed by atoms with E-state index in [2.05, 4.69) is 11.8 Å². The third-order valence-corrected chi connectivity index (χ3v) is 3.23. The van der Waals surface area contributed by atoms with Crippen LogP contribution in [0.2, 0.25) is 0 Å². The summed E-state index contributed by atoms with van der Waals surface area (Å²) >= 11 is 0. The Morgan fingerprint density at radius 2 is 2.29 bits per heavy atom. The minimum absolute atomic E-state index is 0.316. The number of likely N-dealkylation sites (tertiary alicyclic amines) is 1. The van der Waals surface area contributed by atoms with Crippen LogP contribution in [0.3, 0.4) is 0 Å². The van der Waals surface area contributed by atoms with Gasteiger partial charge in [0.1, 0.15) is 5.82 Å². The fraction of sp³-hybridized carbons (Fsp3) is 0.500. The molecule has 0 saturated carbocycles. The first-order valence-electron chi connectivity index (χ1n) is 6.09. The standard InChI is InChI=1S/C14H17FN2/c1-11-3-2-4-17(9-11)10-13-5-12(8-16)6-14(15)7-13/h5-7,11H,2-4,9-10H2,1H3/t11-/m0/s1. The maximum Gasteiger partial charge on any atom is 0.124 e. The molecule has 1 fully saturated rings. The zero-order valence-electron chi connectivity index (χ0n) is 10.1. The quantitative estimate of drug-likeness (QED) is 0.784. The Morgan fingerprint density at radius 3 is 3.00 bits per heavy atom. The van der Waals surface area contributed by atoms with E-state index >= 15 is 0 Å². The summed E-state index contributed by atoms with van der Waals surface area (Å²) in [6.07, 6.45) is 2.49. The molecule has 1 aliphatic heterocycles. The molecule has 1 atom stereocenters. The lowest BCUT2D eigenvalue weighted by Gasteiger charge is -2.30. The van der Waals surface area contributed by atoms with Crippen LogP contribution < -0.4 is 0 Å². The van der Waals surface area contributed by atoms with E-state index in [0.29, 0.717) is 11.5 Å². The summed E-state index contributed by atoms with van der Waals surface area (Å²) in [5.74, 6) is 0.400. The second-order valence-electron chi connectivity index (χ2n) is 4.94. The molecule has 1 heterocycles. The number of halogens is 1. The van der Waals surface area contributed by atoms with Crippen molar-refractivity contribution in [3.63, 3.8) is 0 Å². The monoisotopic (exact) mass is 232 g/mol. The van der Waals surface area contributed by atoms with Crippen LogP contribution in [0.25, 0.3) is 0 Å². The molecule has 0 N–H and O–H groups in total. The van der Waals surface area contributed by atoms with Gasteiger partial charge in [-0.1, -0.05) is 6.92 Å². The minimum Gasteiger partial charge on any atom is -0.299 e. The van der Waals surface area contributed by atoms with Gasteiger partial charge in [0.25, 0.3) is 0 Å². The zero-order chi connectivity index (χ0) is 12.3. The average Bonchev–Trinajstić information content (AvgIpc) is 2.28. The lowest BCUT2D eigenvalue weighted by Crippen LogP contribution is -2.33. The molecule has 2 nitrogen and oxygen atoms in total. The van der Waals surface area contributed by atoms with Crippen LogP contribution >= 0.6 is 0 Å². The number of hydrogen-bond acceptors (Lipinski definition) is 2. The molecule has 17 heavy (non-hydrogen) atoms. The number of benzene rings is 1. The molecule has 0 amide bonds. The van der Waals surface area contributed by atoms with Gasteiger partial charge >= 0.3 is 0 Å². The first kappa shape index (κ1) is 12.1. The van der Waals surface area contributed by atoms with Crippen molar-refractivity contribution in [3.8, 4) is 6.07 Å². The molecular formula is C14H17FN2. The van der Waals surface area contributed by atoms with Gasteiger partial charge in [0, 0.05) is 13.1 Å². The first-order chi connectivity index (χ1) is 8.17. The largest absolute Gasteiger partial charge is 0.299 e. The highest BCUT2D eigenvalue weighted by Crippen LogP contribution is 2.18. The Balaban J connectivity index is 2.07. The summed E-state index contributed by atoms with van der Waals surface area (Å²) in [5.41, 5.74) is 1.31. The van der Waals surface area contributed by atoms with Gasteiger partial charge in [0.2, 0.25) is 0 Å². The molecule has 0 radical (unpaired) electrons. The second kappa shape index (κ2) is 5.29. The Morgan fingerprint density at radius 1 is 1.47 bits per heavy atom. The van der Waals surface area contributed by atoms with Gasteiger partial charge in [0.15, 0.2) is 0 Å². The Labute approximate surface area is 102 Å². The van der Waals surface area contributed by atoms with Crippen LogP contribution in [0, 0.1) is 23.1 Å². The first-order valence-corrected chi connectivity index (χ1v) is 6.09. The molecule has 0 unspecified atom stereocenters. The number of nitrogens with zero attached hydrogens (tertiary/aromatic N) is 2. The maximum atomic E-state index is 13.3. The smallest absolute Gasteiger partial charge is 0.124 e. The molecule has 0 bridgehead atoms. The van der Waals surface area contributed by atoms with Gasteiger partial charge in [-0.05, 0) is 49.1 Å². The van der Waals surface area contributed by atoms with E-state index < -0.39 is 0 Å². The van der Waals surface area contributed by atoms with Crippen LogP contribution in [0.15, 0.2) is 18.2 Å². The van der Waals surface area contributed by atoms with E-state index in [4.69, 9.17) is 5.26 Å². The van der Waals surface area contributed by atoms with Crippen LogP contribution in [0.4, 0.5) is 4.39 Å². The van der Waals surface area contributed by atoms with Gasteiger partial charge in [0.05, 0.1) is 11.6 Å². The van der Waals surface area contributed by atoms with Crippen molar-refractivity contribution < 1.29 is 4.39 Å². The molecule has 1 aromatic carbocycles. The van der Waals surface area contributed by atoms with Crippen molar-refractivity contribution in [1.29, 1.82) is 5.26 Å². The molecule has 2 rings (SSSR count). The molecule has 1 saturated heterocycles. The van der Waals surface area contributed by atoms with E-state index in [1.54, 1.807) is 6.07 Å². The minimum atomic E-state index is -0.316. The van der Waals surface area contributed by atoms with Crippen molar-refractivity contribution in [3.05, 3.63) is 35.1 Å². The Kier molecular flexibility index (Phi) is 3.75. The maximum absolute atomic E-state index is 13.3. The Hall–Kier alpha value is -1.40. The average molecular weight is 232 g/mol. The predicted molar refractivity (Wildman–Crippen MR) is 64.8 cm³/mol. The lowest BCUT2D eigenvalue weighted by atomic mass is 9.99. The van der Waals surface area contributed by atoms with E-state index in [9.17, 15) is 4.39 Å². The zero-order valence-corrected chi connectivity index (χ0v) is 10.1. The lowest BCUT2D eigenvalue weighted by molar-refractivity contribution is 0.176. The summed E-state index contributed by atoms with van der Waals surface area (Å²) in [6.45, 7) is 5.14. The normalized spacial score (nSPS) is 21.1. The summed E-state index contributed by atoms with van der Waals surface area (Å²) in [5, 5.41) is 8.80. The van der Waals surface area contributed by atoms with Gasteiger partial charge in [-0.25, -0.2) is 4.39 Å². The SMILES string of the molecule is C[C@H]1CCCN(Cc2cc(F)cc(C#N)c2)C1. The molecule has 0 spiro atoms. The van der Waals surface area contributed by atoms with E-state index in [1.807, 2.05) is 6.07 Å². The summed E-state index contributed by atoms with van der Waals surface area (Å²) in [6, 6.07) is 6.58. The molecule has 0 aromatic heterocycles. The topological polar surface area (TPSA) is 27.0 Å². The third-order valence-electron chi connectivity index (χ3n) is 3.23. The van der Waals surface area contributed by atoms with Crippen molar-refractivity contribution >= 4 is 0 Å². The predicted octanol–water partition coefficient (Wildman–Crippen LogP) is 2.93. The number of nitriles is 1. The molecule has 1 aromatic rings. The van der Waals surface area contributed by atoms with E-state index in [-0.39, 0.29) is 5.82 Å². The van der Waals surface area contributed by atoms with Crippen LogP contribution in [0.1, 0.15) is 30.9 Å². The van der Waals surface area contributed by atoms with Crippen molar-refractivity contribution in [2.24, 2.45) is 5.92 Å². The van der Waals surface area contributed by atoms with E-state index in [0.717, 1.165) is 25.2 Å². The Bertz CT molecular complexity index is 436. The van der Waals surface area contributed by atoms with Gasteiger partial charge in [-0.2, -0.15) is 5.26 Å². The van der Waals surface area contributed by atoms with Crippen molar-refractivity contribution in [2.75, 3.05) is 13.1 Å². The van der Waals surface area contributed by atoms with Gasteiger partial charge in [-0.3, -0.25) is 4.90 Å². The fourth-order valence-electron chi connectivity index (χ4n) is 2.49. The third kappa shape index (κ3) is 3.28. The number of hydrogen-bond donors (Lipinski definition) is 0. The summed E-state index contributed by atoms with van der Waals surface area (Å²) < 4.78 is 13.3. The summed E-state index contributed by atoms with van der Waals surface area (Å²) in [7, 11) is 0. The van der Waals surface area contributed by atoms with Crippen molar-refractivity contribution in [2.45, 2.75) is 26.3 Å². The highest BCUT2D eigenvalue weighted by Gasteiger charge is 2.16. The molecular weight excluding hydrogens is 215 g/mol. The van der Waals surface area contributed by atoms with Crippen molar-refractivity contribution in [1.82, 2.24) is 4.90 Å². The molecule has 3 heteroatoms.